The van der Waals surface area contributed by atoms with Gasteiger partial charge in [0.05, 0.1) is 11.3 Å². The van der Waals surface area contributed by atoms with Crippen LogP contribution in [0.4, 0.5) is 5.82 Å². The molecule has 0 aliphatic carbocycles. The third-order valence-corrected chi connectivity index (χ3v) is 6.93. The first-order valence-electron chi connectivity index (χ1n) is 11.3. The zero-order valence-electron chi connectivity index (χ0n) is 19.8. The fourth-order valence-corrected chi connectivity index (χ4v) is 4.86. The molecule has 36 heavy (non-hydrogen) atoms. The molecule has 186 valence electrons. The van der Waals surface area contributed by atoms with Gasteiger partial charge in [0.2, 0.25) is 10.6 Å². The number of Topliss-reactive ketones (excluding diaryl/α,β-unsaturated/α-hetero) is 1. The summed E-state index contributed by atoms with van der Waals surface area (Å²) in [4.78, 5) is 60.2. The molecule has 1 saturated heterocycles. The number of carbonyl (C=O) groups is 2. The number of aromatic amines is 1. The second-order valence-corrected chi connectivity index (χ2v) is 9.85. The molecule has 12 nitrogen and oxygen atoms in total. The lowest BCUT2D eigenvalue weighted by Gasteiger charge is -2.39. The van der Waals surface area contributed by atoms with Gasteiger partial charge in [-0.1, -0.05) is 0 Å². The van der Waals surface area contributed by atoms with Gasteiger partial charge in [-0.25, -0.2) is 14.8 Å². The van der Waals surface area contributed by atoms with E-state index in [1.165, 1.54) is 27.8 Å². The van der Waals surface area contributed by atoms with Crippen LogP contribution >= 0.6 is 11.5 Å². The standard InChI is InChI=1S/C23H23N7O5S/c1-11(2)30-18(32)6-14(27-30)5-16(31)13-7-28(8-13)17-4-12(3)19-20(33)15(22(34)35)9-29(21(19)26-17)23-24-10-25-36-23/h4,6,9-11,13,27H,5,7-8H2,1-3H3,(H,34,35). The molecule has 1 fully saturated rings. The molecular formula is C23H23N7O5S. The van der Waals surface area contributed by atoms with Crippen molar-refractivity contribution >= 4 is 40.1 Å². The van der Waals surface area contributed by atoms with Crippen LogP contribution in [0.25, 0.3) is 16.2 Å². The van der Waals surface area contributed by atoms with E-state index < -0.39 is 11.4 Å². The van der Waals surface area contributed by atoms with E-state index >= 15 is 0 Å². The Bertz CT molecular complexity index is 1610. The molecule has 2 N–H and O–H groups in total. The van der Waals surface area contributed by atoms with E-state index in [0.717, 1.165) is 11.5 Å². The van der Waals surface area contributed by atoms with Gasteiger partial charge in [-0.3, -0.25) is 28.7 Å². The molecule has 0 saturated carbocycles. The van der Waals surface area contributed by atoms with Crippen LogP contribution in [-0.2, 0) is 11.2 Å². The number of carboxylic acid groups (broad SMARTS) is 1. The van der Waals surface area contributed by atoms with Crippen molar-refractivity contribution in [2.45, 2.75) is 33.2 Å². The first-order valence-corrected chi connectivity index (χ1v) is 12.1. The number of carbonyl (C=O) groups excluding carboxylic acids is 1. The number of hydrogen-bond donors (Lipinski definition) is 2. The minimum Gasteiger partial charge on any atom is -0.477 e. The maximum absolute atomic E-state index is 12.9. The first-order chi connectivity index (χ1) is 17.1. The number of nitrogens with zero attached hydrogens (tertiary/aromatic N) is 6. The Hall–Kier alpha value is -4.13. The largest absolute Gasteiger partial charge is 0.477 e. The topological polar surface area (TPSA) is 156 Å². The average molecular weight is 510 g/mol. The van der Waals surface area contributed by atoms with Crippen molar-refractivity contribution in [2.24, 2.45) is 5.92 Å². The quantitative estimate of drug-likeness (QED) is 0.377. The molecule has 5 heterocycles. The minimum atomic E-state index is -1.34. The van der Waals surface area contributed by atoms with Gasteiger partial charge in [-0.15, -0.1) is 0 Å². The number of hydrogen-bond acceptors (Lipinski definition) is 9. The van der Waals surface area contributed by atoms with Crippen LogP contribution < -0.4 is 15.9 Å². The Kier molecular flexibility index (Phi) is 5.79. The van der Waals surface area contributed by atoms with E-state index in [2.05, 4.69) is 19.4 Å². The molecule has 0 spiro atoms. The zero-order valence-corrected chi connectivity index (χ0v) is 20.6. The summed E-state index contributed by atoms with van der Waals surface area (Å²) in [7, 11) is 0. The zero-order chi connectivity index (χ0) is 25.7. The second kappa shape index (κ2) is 8.82. The van der Waals surface area contributed by atoms with Crippen LogP contribution in [0.15, 0.2) is 34.2 Å². The molecule has 5 rings (SSSR count). The molecule has 0 radical (unpaired) electrons. The Morgan fingerprint density at radius 2 is 2.00 bits per heavy atom. The molecule has 13 heteroatoms. The maximum Gasteiger partial charge on any atom is 0.341 e. The molecule has 0 aromatic carbocycles. The van der Waals surface area contributed by atoms with Gasteiger partial charge in [-0.05, 0) is 32.4 Å². The summed E-state index contributed by atoms with van der Waals surface area (Å²) in [6, 6.07) is 3.16. The van der Waals surface area contributed by atoms with E-state index in [0.29, 0.717) is 35.3 Å². The number of H-pyrrole nitrogens is 1. The molecule has 0 amide bonds. The number of fused-ring (bicyclic) bond motifs is 1. The van der Waals surface area contributed by atoms with E-state index in [1.807, 2.05) is 18.7 Å². The van der Waals surface area contributed by atoms with Crippen LogP contribution in [0.3, 0.4) is 0 Å². The van der Waals surface area contributed by atoms with Gasteiger partial charge in [-0.2, -0.15) is 4.37 Å². The highest BCUT2D eigenvalue weighted by Gasteiger charge is 2.34. The monoisotopic (exact) mass is 509 g/mol. The lowest BCUT2D eigenvalue weighted by Crippen LogP contribution is -2.51. The van der Waals surface area contributed by atoms with Gasteiger partial charge in [0.1, 0.15) is 23.5 Å². The van der Waals surface area contributed by atoms with E-state index in [4.69, 9.17) is 0 Å². The smallest absolute Gasteiger partial charge is 0.341 e. The number of rotatable bonds is 7. The summed E-state index contributed by atoms with van der Waals surface area (Å²) in [5.41, 5.74) is 0.282. The van der Waals surface area contributed by atoms with Crippen molar-refractivity contribution in [2.75, 3.05) is 18.0 Å². The number of anilines is 1. The Balaban J connectivity index is 1.42. The summed E-state index contributed by atoms with van der Waals surface area (Å²) in [5, 5.41) is 13.1. The number of nitrogens with one attached hydrogen (secondary N) is 1. The summed E-state index contributed by atoms with van der Waals surface area (Å²) in [5.74, 6) is -0.951. The van der Waals surface area contributed by atoms with E-state index in [1.54, 1.807) is 13.0 Å². The lowest BCUT2D eigenvalue weighted by atomic mass is 9.92. The predicted molar refractivity (Wildman–Crippen MR) is 132 cm³/mol. The van der Waals surface area contributed by atoms with Crippen LogP contribution in [0.1, 0.15) is 41.5 Å². The van der Waals surface area contributed by atoms with Gasteiger partial charge in [0.15, 0.2) is 5.65 Å². The molecule has 1 aliphatic heterocycles. The third-order valence-electron chi connectivity index (χ3n) is 6.27. The van der Waals surface area contributed by atoms with Gasteiger partial charge < -0.3 is 10.0 Å². The van der Waals surface area contributed by atoms with E-state index in [-0.39, 0.29) is 46.3 Å². The maximum atomic E-state index is 12.9. The molecular weight excluding hydrogens is 486 g/mol. The number of aromatic carboxylic acids is 1. The molecule has 1 aliphatic rings. The summed E-state index contributed by atoms with van der Waals surface area (Å²) < 4.78 is 6.93. The average Bonchev–Trinajstić information content (AvgIpc) is 3.42. The van der Waals surface area contributed by atoms with Crippen LogP contribution in [0, 0.1) is 12.8 Å². The fraction of sp³-hybridized carbons (Fsp3) is 0.348. The molecule has 4 aromatic heterocycles. The van der Waals surface area contributed by atoms with Gasteiger partial charge in [0, 0.05) is 55.0 Å². The highest BCUT2D eigenvalue weighted by atomic mass is 32.1. The van der Waals surface area contributed by atoms with Crippen LogP contribution in [0.5, 0.6) is 0 Å². The number of carboxylic acids is 1. The predicted octanol–water partition coefficient (Wildman–Crippen LogP) is 1.56. The van der Waals surface area contributed by atoms with E-state index in [9.17, 15) is 24.3 Å². The first kappa shape index (κ1) is 23.6. The van der Waals surface area contributed by atoms with Gasteiger partial charge >= 0.3 is 5.97 Å². The van der Waals surface area contributed by atoms with Crippen molar-refractivity contribution in [1.29, 1.82) is 0 Å². The van der Waals surface area contributed by atoms with Crippen molar-refractivity contribution in [3.05, 3.63) is 62.1 Å². The van der Waals surface area contributed by atoms with Crippen molar-refractivity contribution in [3.8, 4) is 5.13 Å². The van der Waals surface area contributed by atoms with Crippen LogP contribution in [-0.4, -0.2) is 58.6 Å². The molecule has 0 unspecified atom stereocenters. The Morgan fingerprint density at radius 3 is 2.61 bits per heavy atom. The number of aryl methyl sites for hydroxylation is 1. The highest BCUT2D eigenvalue weighted by molar-refractivity contribution is 7.08. The number of pyridine rings is 2. The normalized spacial score (nSPS) is 13.9. The Labute approximate surface area is 208 Å². The highest BCUT2D eigenvalue weighted by Crippen LogP contribution is 2.29. The summed E-state index contributed by atoms with van der Waals surface area (Å²) in [6.45, 7) is 6.39. The molecule has 0 atom stereocenters. The van der Waals surface area contributed by atoms with Crippen molar-refractivity contribution in [3.63, 3.8) is 0 Å². The fourth-order valence-electron chi connectivity index (χ4n) is 4.35. The Morgan fingerprint density at radius 1 is 1.25 bits per heavy atom. The van der Waals surface area contributed by atoms with Gasteiger partial charge in [0.25, 0.3) is 5.56 Å². The summed E-state index contributed by atoms with van der Waals surface area (Å²) >= 11 is 1.05. The van der Waals surface area contributed by atoms with Crippen molar-refractivity contribution in [1.82, 2.24) is 28.7 Å². The molecule has 0 bridgehead atoms. The van der Waals surface area contributed by atoms with Crippen molar-refractivity contribution < 1.29 is 14.7 Å². The summed E-state index contributed by atoms with van der Waals surface area (Å²) in [6.07, 6.45) is 2.71. The minimum absolute atomic E-state index is 0.0214. The van der Waals surface area contributed by atoms with Crippen LogP contribution in [0.2, 0.25) is 0 Å². The molecule has 4 aromatic rings. The third kappa shape index (κ3) is 4.00. The number of aromatic nitrogens is 6. The lowest BCUT2D eigenvalue weighted by molar-refractivity contribution is -0.123. The second-order valence-electron chi connectivity index (χ2n) is 9.10. The number of ketones is 1. The SMILES string of the molecule is Cc1cc(N2CC(C(=O)Cc3cc(=O)n(C(C)C)[nH]3)C2)nc2c1c(=O)c(C(=O)O)cn2-c1ncns1.